The largest absolute Gasteiger partial charge is 0.459 e. The minimum Gasteiger partial charge on any atom is -0.459 e. The Morgan fingerprint density at radius 1 is 1.05 bits per heavy atom. The minimum atomic E-state index is -0.890. The van der Waals surface area contributed by atoms with Crippen LogP contribution in [0.4, 0.5) is 0 Å². The molecule has 6 rings (SSSR count). The molecule has 8 nitrogen and oxygen atoms in total. The highest BCUT2D eigenvalue weighted by Crippen LogP contribution is 2.40. The maximum atomic E-state index is 14.0. The zero-order valence-corrected chi connectivity index (χ0v) is 24.5. The Morgan fingerprint density at radius 3 is 2.56 bits per heavy atom. The van der Waals surface area contributed by atoms with E-state index in [-0.39, 0.29) is 24.3 Å². The van der Waals surface area contributed by atoms with Gasteiger partial charge in [-0.2, -0.15) is 0 Å². The normalized spacial score (nSPS) is 24.8. The average Bonchev–Trinajstić information content (AvgIpc) is 3.39. The quantitative estimate of drug-likeness (QED) is 0.203. The third-order valence-electron chi connectivity index (χ3n) is 8.84. The lowest BCUT2D eigenvalue weighted by atomic mass is 9.85. The third kappa shape index (κ3) is 7.00. The topological polar surface area (TPSA) is 89.1 Å². The predicted octanol–water partition coefficient (Wildman–Crippen LogP) is 4.16. The van der Waals surface area contributed by atoms with Crippen molar-refractivity contribution < 1.29 is 23.8 Å². The number of benzene rings is 2. The summed E-state index contributed by atoms with van der Waals surface area (Å²) < 4.78 is 17.5. The van der Waals surface area contributed by atoms with E-state index in [9.17, 15) is 9.59 Å². The van der Waals surface area contributed by atoms with Gasteiger partial charge in [0.2, 0.25) is 0 Å². The van der Waals surface area contributed by atoms with E-state index in [0.717, 1.165) is 62.9 Å². The second-order valence-electron chi connectivity index (χ2n) is 11.4. The number of piperidine rings is 3. The summed E-state index contributed by atoms with van der Waals surface area (Å²) in [6.45, 7) is 9.15. The molecule has 1 aliphatic carbocycles. The molecule has 2 aromatic carbocycles. The summed E-state index contributed by atoms with van der Waals surface area (Å²) in [5.74, 6) is 0.170. The molecular formula is C33H45N3O5. The number of nitrogens with one attached hydrogen (secondary N) is 2. The maximum Gasteiger partial charge on any atom is 0.331 e. The van der Waals surface area contributed by atoms with Gasteiger partial charge in [0.25, 0.3) is 5.91 Å². The molecule has 2 atom stereocenters. The van der Waals surface area contributed by atoms with Gasteiger partial charge < -0.3 is 19.5 Å². The van der Waals surface area contributed by atoms with Crippen LogP contribution in [0.1, 0.15) is 73.0 Å². The van der Waals surface area contributed by atoms with Crippen LogP contribution in [0.5, 0.6) is 0 Å². The number of fused-ring (bicyclic) bond motifs is 4. The molecule has 3 fully saturated rings. The zero-order chi connectivity index (χ0) is 28.7. The molecule has 2 aromatic rings. The van der Waals surface area contributed by atoms with Gasteiger partial charge in [-0.1, -0.05) is 36.4 Å². The van der Waals surface area contributed by atoms with E-state index in [1.54, 1.807) is 0 Å². The van der Waals surface area contributed by atoms with Crippen molar-refractivity contribution in [1.82, 2.24) is 15.5 Å². The van der Waals surface area contributed by atoms with Crippen molar-refractivity contribution in [2.45, 2.75) is 76.9 Å². The van der Waals surface area contributed by atoms with Gasteiger partial charge in [0.05, 0.1) is 0 Å². The highest BCUT2D eigenvalue weighted by atomic mass is 16.7. The van der Waals surface area contributed by atoms with Crippen LogP contribution in [0.3, 0.4) is 0 Å². The van der Waals surface area contributed by atoms with E-state index < -0.39 is 5.54 Å². The Bertz CT molecular complexity index is 1170. The summed E-state index contributed by atoms with van der Waals surface area (Å²) in [4.78, 5) is 29.3. The molecule has 3 heterocycles. The molecule has 1 amide bonds. The summed E-state index contributed by atoms with van der Waals surface area (Å²) in [6.07, 6.45) is 4.91. The lowest BCUT2D eigenvalue weighted by Gasteiger charge is -2.45. The maximum absolute atomic E-state index is 14.0. The Labute approximate surface area is 244 Å². The molecule has 3 saturated heterocycles. The number of amides is 1. The number of nitrogens with zero attached hydrogens (tertiary/aromatic N) is 1. The van der Waals surface area contributed by atoms with Crippen molar-refractivity contribution in [2.75, 3.05) is 39.4 Å². The van der Waals surface area contributed by atoms with Crippen molar-refractivity contribution >= 4 is 11.9 Å². The van der Waals surface area contributed by atoms with Crippen LogP contribution in [0.15, 0.2) is 48.5 Å². The summed E-state index contributed by atoms with van der Waals surface area (Å²) in [6, 6.07) is 15.8. The second-order valence-corrected chi connectivity index (χ2v) is 11.4. The van der Waals surface area contributed by atoms with Gasteiger partial charge in [-0.3, -0.25) is 15.0 Å². The van der Waals surface area contributed by atoms with Crippen LogP contribution >= 0.6 is 0 Å². The number of carbonyl (C=O) groups excluding carboxylic acids is 2. The Hall–Kier alpha value is -2.78. The number of aryl methyl sites for hydroxylation is 1. The molecule has 0 spiro atoms. The van der Waals surface area contributed by atoms with Crippen molar-refractivity contribution in [3.8, 4) is 0 Å². The molecule has 1 unspecified atom stereocenters. The van der Waals surface area contributed by atoms with Crippen LogP contribution < -0.4 is 10.6 Å². The first-order chi connectivity index (χ1) is 20.0. The highest BCUT2D eigenvalue weighted by Gasteiger charge is 2.48. The molecule has 4 aliphatic rings. The molecule has 0 aromatic heterocycles. The molecular weight excluding hydrogens is 518 g/mol. The first-order valence-corrected chi connectivity index (χ1v) is 15.4. The molecule has 8 heteroatoms. The summed E-state index contributed by atoms with van der Waals surface area (Å²) >= 11 is 0. The number of carbonyl (C=O) groups is 2. The fourth-order valence-electron chi connectivity index (χ4n) is 6.60. The first-order valence-electron chi connectivity index (χ1n) is 15.4. The van der Waals surface area contributed by atoms with E-state index in [1.807, 2.05) is 50.2 Å². The molecule has 0 saturated carbocycles. The van der Waals surface area contributed by atoms with Crippen molar-refractivity contribution in [2.24, 2.45) is 5.92 Å². The van der Waals surface area contributed by atoms with E-state index >= 15 is 0 Å². The molecule has 2 bridgehead atoms. The van der Waals surface area contributed by atoms with E-state index in [4.69, 9.17) is 14.2 Å². The molecule has 2 N–H and O–H groups in total. The van der Waals surface area contributed by atoms with Crippen LogP contribution in [0.2, 0.25) is 0 Å². The van der Waals surface area contributed by atoms with Gasteiger partial charge in [-0.25, -0.2) is 4.79 Å². The van der Waals surface area contributed by atoms with Crippen LogP contribution in [0.25, 0.3) is 0 Å². The van der Waals surface area contributed by atoms with Gasteiger partial charge >= 0.3 is 5.97 Å². The van der Waals surface area contributed by atoms with Gasteiger partial charge in [0.1, 0.15) is 11.6 Å². The number of esters is 1. The summed E-state index contributed by atoms with van der Waals surface area (Å²) in [5, 5.41) is 6.62. The Kier molecular flexibility index (Phi) is 10.1. The lowest BCUT2D eigenvalue weighted by molar-refractivity contribution is -0.167. The van der Waals surface area contributed by atoms with Crippen LogP contribution in [0, 0.1) is 5.92 Å². The molecule has 0 radical (unpaired) electrons. The number of ether oxygens (including phenoxy) is 3. The minimum absolute atomic E-state index is 0.0409. The summed E-state index contributed by atoms with van der Waals surface area (Å²) in [7, 11) is 0. The number of rotatable bonds is 14. The zero-order valence-electron chi connectivity index (χ0n) is 24.5. The summed E-state index contributed by atoms with van der Waals surface area (Å²) in [5.41, 5.74) is 2.86. The fourth-order valence-corrected chi connectivity index (χ4v) is 6.60. The Morgan fingerprint density at radius 2 is 1.83 bits per heavy atom. The number of hydrogen-bond donors (Lipinski definition) is 2. The van der Waals surface area contributed by atoms with E-state index in [1.165, 1.54) is 5.56 Å². The van der Waals surface area contributed by atoms with Crippen molar-refractivity contribution in [1.29, 1.82) is 0 Å². The highest BCUT2D eigenvalue weighted by molar-refractivity contribution is 5.94. The van der Waals surface area contributed by atoms with E-state index in [0.29, 0.717) is 44.2 Å². The monoisotopic (exact) mass is 563 g/mol. The predicted molar refractivity (Wildman–Crippen MR) is 157 cm³/mol. The van der Waals surface area contributed by atoms with E-state index in [2.05, 4.69) is 27.7 Å². The van der Waals surface area contributed by atoms with Crippen molar-refractivity contribution in [3.63, 3.8) is 0 Å². The first kappa shape index (κ1) is 29.7. The van der Waals surface area contributed by atoms with Gasteiger partial charge in [0, 0.05) is 44.8 Å². The van der Waals surface area contributed by atoms with Crippen molar-refractivity contribution in [3.05, 3.63) is 70.8 Å². The van der Waals surface area contributed by atoms with Crippen LogP contribution in [-0.2, 0) is 37.5 Å². The van der Waals surface area contributed by atoms with Gasteiger partial charge in [-0.05, 0) is 93.8 Å². The third-order valence-corrected chi connectivity index (χ3v) is 8.84. The smallest absolute Gasteiger partial charge is 0.331 e. The van der Waals surface area contributed by atoms with Crippen LogP contribution in [-0.4, -0.2) is 68.6 Å². The lowest BCUT2D eigenvalue weighted by Crippen LogP contribution is -2.55. The fraction of sp³-hybridized carbons (Fsp3) is 0.576. The van der Waals surface area contributed by atoms with Gasteiger partial charge in [-0.15, -0.1) is 0 Å². The number of hydrogen-bond acceptors (Lipinski definition) is 7. The average molecular weight is 564 g/mol. The van der Waals surface area contributed by atoms with Gasteiger partial charge in [0.15, 0.2) is 6.29 Å². The standard InChI is InChI=1S/C33H45N3O5/c1-3-39-30(40-4-2)13-8-18-34-31(37)27-11-7-9-24(21-27)22-35-33(17-14-25-10-5-6-12-28(25)33)32(38)41-29-23-36-19-15-26(29)16-20-36/h5-7,9-12,21,26,29-30,35H,3-4,8,13-20,22-23H2,1-2H3,(H,34,37)/t29?,33-/m1/s1. The molecule has 222 valence electrons. The molecule has 3 aliphatic heterocycles. The molecule has 41 heavy (non-hydrogen) atoms. The SMILES string of the molecule is CCOC(CCCNC(=O)c1cccc(CN[C@]2(C(=O)OC3CN4CCC3CC4)CCc3ccccc32)c1)OCC. The Balaban J connectivity index is 1.22. The second kappa shape index (κ2) is 13.9.